The molecule has 0 saturated heterocycles. The Morgan fingerprint density at radius 2 is 1.16 bits per heavy atom. The van der Waals surface area contributed by atoms with Gasteiger partial charge in [0.2, 0.25) is 0 Å². The molecule has 2 aliphatic rings. The van der Waals surface area contributed by atoms with Gasteiger partial charge in [-0.3, -0.25) is 0 Å². The molecule has 38 heavy (non-hydrogen) atoms. The van der Waals surface area contributed by atoms with Crippen LogP contribution in [-0.4, -0.2) is 36.8 Å². The summed E-state index contributed by atoms with van der Waals surface area (Å²) in [5.74, 6) is -0.416. The molecule has 188 valence electrons. The summed E-state index contributed by atoms with van der Waals surface area (Å²) in [7, 11) is 1.27. The Labute approximate surface area is 221 Å². The highest BCUT2D eigenvalue weighted by Gasteiger charge is 2.42. The van der Waals surface area contributed by atoms with E-state index in [0.717, 1.165) is 49.4 Å². The highest BCUT2D eigenvalue weighted by molar-refractivity contribution is 5.90. The van der Waals surface area contributed by atoms with Crippen molar-refractivity contribution < 1.29 is 19.1 Å². The SMILES string of the molecule is C=CC(C1c2ccccc2-c2ccccc21)N(C(=O)OC)C(=O)OCC1c2ccccc2-c2ccccc21. The lowest BCUT2D eigenvalue weighted by atomic mass is 9.88. The molecule has 0 N–H and O–H groups in total. The van der Waals surface area contributed by atoms with Crippen LogP contribution in [0.15, 0.2) is 110 Å². The van der Waals surface area contributed by atoms with Crippen LogP contribution in [0.2, 0.25) is 0 Å². The van der Waals surface area contributed by atoms with Gasteiger partial charge in [0.05, 0.1) is 13.2 Å². The lowest BCUT2D eigenvalue weighted by Gasteiger charge is -2.31. The van der Waals surface area contributed by atoms with Crippen molar-refractivity contribution in [3.05, 3.63) is 132 Å². The third kappa shape index (κ3) is 3.70. The number of nitrogens with zero attached hydrogens (tertiary/aromatic N) is 1. The fourth-order valence-electron chi connectivity index (χ4n) is 6.03. The van der Waals surface area contributed by atoms with Crippen LogP contribution in [0.3, 0.4) is 0 Å². The monoisotopic (exact) mass is 501 g/mol. The molecular formula is C33H27NO4. The zero-order valence-corrected chi connectivity index (χ0v) is 21.0. The Hall–Kier alpha value is -4.64. The van der Waals surface area contributed by atoms with Gasteiger partial charge in [-0.1, -0.05) is 103 Å². The first-order valence-electron chi connectivity index (χ1n) is 12.7. The Balaban J connectivity index is 1.33. The van der Waals surface area contributed by atoms with Gasteiger partial charge in [-0.25, -0.2) is 14.5 Å². The van der Waals surface area contributed by atoms with Crippen LogP contribution in [0, 0.1) is 0 Å². The molecule has 4 aromatic rings. The van der Waals surface area contributed by atoms with Crippen LogP contribution in [0.25, 0.3) is 22.3 Å². The summed E-state index contributed by atoms with van der Waals surface area (Å²) in [6.07, 6.45) is 0.0847. The number of hydrogen-bond acceptors (Lipinski definition) is 4. The second-order valence-electron chi connectivity index (χ2n) is 9.52. The number of ether oxygens (including phenoxy) is 2. The van der Waals surface area contributed by atoms with Crippen molar-refractivity contribution in [3.63, 3.8) is 0 Å². The van der Waals surface area contributed by atoms with Crippen molar-refractivity contribution in [3.8, 4) is 22.3 Å². The van der Waals surface area contributed by atoms with Crippen molar-refractivity contribution in [2.24, 2.45) is 0 Å². The molecule has 5 heteroatoms. The minimum atomic E-state index is -0.783. The van der Waals surface area contributed by atoms with E-state index in [1.54, 1.807) is 6.08 Å². The molecule has 6 rings (SSSR count). The minimum Gasteiger partial charge on any atom is -0.452 e. The normalized spacial score (nSPS) is 14.0. The molecule has 0 saturated carbocycles. The third-order valence-corrected chi connectivity index (χ3v) is 7.67. The Morgan fingerprint density at radius 1 is 0.737 bits per heavy atom. The number of carbonyl (C=O) groups is 2. The van der Waals surface area contributed by atoms with Gasteiger partial charge in [0.25, 0.3) is 0 Å². The summed E-state index contributed by atoms with van der Waals surface area (Å²) in [6, 6.07) is 31.7. The lowest BCUT2D eigenvalue weighted by molar-refractivity contribution is 0.0745. The maximum Gasteiger partial charge on any atom is 0.419 e. The van der Waals surface area contributed by atoms with Gasteiger partial charge in [0, 0.05) is 11.8 Å². The Kier molecular flexibility index (Phi) is 6.04. The van der Waals surface area contributed by atoms with Gasteiger partial charge < -0.3 is 9.47 Å². The fourth-order valence-corrected chi connectivity index (χ4v) is 6.03. The Morgan fingerprint density at radius 3 is 1.61 bits per heavy atom. The van der Waals surface area contributed by atoms with E-state index in [1.165, 1.54) is 7.11 Å². The van der Waals surface area contributed by atoms with Crippen molar-refractivity contribution in [2.75, 3.05) is 13.7 Å². The number of amides is 2. The molecule has 0 aliphatic heterocycles. The molecule has 4 aromatic carbocycles. The standard InChI is InChI=1S/C33H27NO4/c1-3-30(31-27-18-10-8-14-23(27)24-15-9-11-19-28(24)31)34(32(35)37-2)33(36)38-20-29-25-16-6-4-12-21(25)22-13-5-7-17-26(22)29/h3-19,29-31H,1,20H2,2H3. The number of hydrogen-bond donors (Lipinski definition) is 0. The molecule has 0 spiro atoms. The number of imide groups is 1. The van der Waals surface area contributed by atoms with Crippen molar-refractivity contribution in [2.45, 2.75) is 17.9 Å². The van der Waals surface area contributed by atoms with E-state index in [4.69, 9.17) is 9.47 Å². The molecule has 0 radical (unpaired) electrons. The molecule has 0 fully saturated rings. The largest absolute Gasteiger partial charge is 0.452 e. The van der Waals surface area contributed by atoms with Crippen LogP contribution in [0.1, 0.15) is 34.1 Å². The number of carbonyl (C=O) groups excluding carboxylic acids is 2. The molecule has 2 aliphatic carbocycles. The summed E-state index contributed by atoms with van der Waals surface area (Å²) >= 11 is 0. The average molecular weight is 502 g/mol. The second-order valence-corrected chi connectivity index (χ2v) is 9.52. The maximum atomic E-state index is 13.7. The molecular weight excluding hydrogens is 474 g/mol. The predicted molar refractivity (Wildman–Crippen MR) is 147 cm³/mol. The zero-order valence-electron chi connectivity index (χ0n) is 21.0. The zero-order chi connectivity index (χ0) is 26.2. The summed E-state index contributed by atoms with van der Waals surface area (Å²) in [4.78, 5) is 27.8. The van der Waals surface area contributed by atoms with Gasteiger partial charge in [0.15, 0.2) is 0 Å². The van der Waals surface area contributed by atoms with E-state index in [1.807, 2.05) is 60.7 Å². The first-order chi connectivity index (χ1) is 18.6. The van der Waals surface area contributed by atoms with E-state index in [2.05, 4.69) is 43.0 Å². The number of methoxy groups -OCH3 is 1. The quantitative estimate of drug-likeness (QED) is 0.268. The average Bonchev–Trinajstić information content (AvgIpc) is 3.47. The molecule has 1 unspecified atom stereocenters. The summed E-state index contributed by atoms with van der Waals surface area (Å²) in [6.45, 7) is 4.11. The van der Waals surface area contributed by atoms with Crippen molar-refractivity contribution in [1.29, 1.82) is 0 Å². The maximum absolute atomic E-state index is 13.7. The summed E-state index contributed by atoms with van der Waals surface area (Å²) < 4.78 is 11.0. The van der Waals surface area contributed by atoms with Gasteiger partial charge in [-0.15, -0.1) is 6.58 Å². The van der Waals surface area contributed by atoms with Gasteiger partial charge in [0.1, 0.15) is 6.61 Å². The van der Waals surface area contributed by atoms with Gasteiger partial charge in [-0.2, -0.15) is 0 Å². The van der Waals surface area contributed by atoms with Crippen molar-refractivity contribution in [1.82, 2.24) is 4.90 Å². The molecule has 0 aromatic heterocycles. The molecule has 0 bridgehead atoms. The van der Waals surface area contributed by atoms with Crippen molar-refractivity contribution >= 4 is 12.2 Å². The summed E-state index contributed by atoms with van der Waals surface area (Å²) in [5, 5.41) is 0. The van der Waals surface area contributed by atoms with Gasteiger partial charge >= 0.3 is 12.2 Å². The van der Waals surface area contributed by atoms with E-state index < -0.39 is 18.2 Å². The van der Waals surface area contributed by atoms with Crippen LogP contribution in [-0.2, 0) is 9.47 Å². The van der Waals surface area contributed by atoms with Crippen LogP contribution in [0.5, 0.6) is 0 Å². The van der Waals surface area contributed by atoms with Crippen LogP contribution in [0.4, 0.5) is 9.59 Å². The smallest absolute Gasteiger partial charge is 0.419 e. The highest BCUT2D eigenvalue weighted by atomic mass is 16.6. The first kappa shape index (κ1) is 23.7. The molecule has 5 nitrogen and oxygen atoms in total. The second kappa shape index (κ2) is 9.67. The van der Waals surface area contributed by atoms with E-state index >= 15 is 0 Å². The lowest BCUT2D eigenvalue weighted by Crippen LogP contribution is -2.47. The highest BCUT2D eigenvalue weighted by Crippen LogP contribution is 2.48. The van der Waals surface area contributed by atoms with E-state index in [0.29, 0.717) is 0 Å². The number of fused-ring (bicyclic) bond motifs is 6. The summed E-state index contributed by atoms with van der Waals surface area (Å²) in [5.41, 5.74) is 8.69. The number of rotatable bonds is 5. The van der Waals surface area contributed by atoms with Crippen LogP contribution >= 0.6 is 0 Å². The fraction of sp³-hybridized carbons (Fsp3) is 0.152. The molecule has 0 heterocycles. The Bertz CT molecular complexity index is 1470. The molecule has 2 amide bonds. The third-order valence-electron chi connectivity index (χ3n) is 7.67. The predicted octanol–water partition coefficient (Wildman–Crippen LogP) is 7.37. The van der Waals surface area contributed by atoms with Gasteiger partial charge in [-0.05, 0) is 44.5 Å². The van der Waals surface area contributed by atoms with E-state index in [-0.39, 0.29) is 18.4 Å². The number of benzene rings is 4. The first-order valence-corrected chi connectivity index (χ1v) is 12.7. The van der Waals surface area contributed by atoms with Crippen LogP contribution < -0.4 is 0 Å². The minimum absolute atomic E-state index is 0.0993. The topological polar surface area (TPSA) is 55.8 Å². The molecule has 1 atom stereocenters. The van der Waals surface area contributed by atoms with E-state index in [9.17, 15) is 9.59 Å².